The summed E-state index contributed by atoms with van der Waals surface area (Å²) in [6.45, 7) is 3.39. The Kier molecular flexibility index (Phi) is 2.90. The molecule has 2 fully saturated rings. The van der Waals surface area contributed by atoms with E-state index < -0.39 is 0 Å². The van der Waals surface area contributed by atoms with E-state index in [1.54, 1.807) is 0 Å². The van der Waals surface area contributed by atoms with E-state index in [4.69, 9.17) is 4.99 Å². The molecular weight excluding hydrogens is 216 g/mol. The van der Waals surface area contributed by atoms with Gasteiger partial charge >= 0.3 is 0 Å². The first-order valence-corrected chi connectivity index (χ1v) is 7.70. The fourth-order valence-electron chi connectivity index (χ4n) is 2.98. The summed E-state index contributed by atoms with van der Waals surface area (Å²) in [4.78, 5) is 4.78. The van der Waals surface area contributed by atoms with E-state index in [1.807, 2.05) is 11.8 Å². The van der Waals surface area contributed by atoms with Crippen molar-refractivity contribution in [1.82, 2.24) is 5.32 Å². The minimum absolute atomic E-state index is 0.582. The topological polar surface area (TPSA) is 24.4 Å². The zero-order valence-corrected chi connectivity index (χ0v) is 11.0. The van der Waals surface area contributed by atoms with Gasteiger partial charge in [-0.2, -0.15) is 0 Å². The second-order valence-electron chi connectivity index (χ2n) is 5.89. The molecule has 1 N–H and O–H groups in total. The molecule has 0 amide bonds. The lowest BCUT2D eigenvalue weighted by atomic mass is 9.89. The Bertz CT molecular complexity index is 290. The highest BCUT2D eigenvalue weighted by molar-refractivity contribution is 8.13. The van der Waals surface area contributed by atoms with Gasteiger partial charge in [0.05, 0.1) is 0 Å². The van der Waals surface area contributed by atoms with Gasteiger partial charge in [0.2, 0.25) is 0 Å². The Morgan fingerprint density at radius 2 is 2.12 bits per heavy atom. The molecule has 0 bridgehead atoms. The summed E-state index contributed by atoms with van der Waals surface area (Å²) in [5, 5.41) is 4.82. The molecule has 90 valence electrons. The molecule has 0 aromatic heterocycles. The molecule has 1 unspecified atom stereocenters. The number of aliphatic imine (C=N–C) groups is 1. The van der Waals surface area contributed by atoms with Crippen LogP contribution in [0.5, 0.6) is 0 Å². The molecule has 3 rings (SSSR count). The Hall–Kier alpha value is -0.180. The summed E-state index contributed by atoms with van der Waals surface area (Å²) < 4.78 is 0. The monoisotopic (exact) mass is 238 g/mol. The van der Waals surface area contributed by atoms with E-state index >= 15 is 0 Å². The van der Waals surface area contributed by atoms with Gasteiger partial charge in [-0.25, -0.2) is 0 Å². The lowest BCUT2D eigenvalue weighted by Crippen LogP contribution is -2.38. The molecule has 0 radical (unpaired) electrons. The maximum Gasteiger partial charge on any atom is 0.156 e. The van der Waals surface area contributed by atoms with E-state index in [9.17, 15) is 0 Å². The van der Waals surface area contributed by atoms with Crippen molar-refractivity contribution in [3.8, 4) is 0 Å². The molecular formula is C13H22N2S. The van der Waals surface area contributed by atoms with Crippen molar-refractivity contribution in [3.05, 3.63) is 0 Å². The van der Waals surface area contributed by atoms with Crippen LogP contribution in [0.2, 0.25) is 0 Å². The molecule has 1 atom stereocenters. The van der Waals surface area contributed by atoms with Gasteiger partial charge in [-0.1, -0.05) is 24.6 Å². The molecule has 3 heteroatoms. The maximum absolute atomic E-state index is 4.78. The highest BCUT2D eigenvalue weighted by Gasteiger charge is 2.37. The van der Waals surface area contributed by atoms with Crippen LogP contribution in [0.3, 0.4) is 0 Å². The number of nitrogens with zero attached hydrogens (tertiary/aromatic N) is 1. The number of rotatable bonds is 2. The zero-order valence-electron chi connectivity index (χ0n) is 10.2. The molecule has 1 spiro atoms. The van der Waals surface area contributed by atoms with Crippen molar-refractivity contribution in [2.75, 3.05) is 12.3 Å². The van der Waals surface area contributed by atoms with Crippen molar-refractivity contribution < 1.29 is 0 Å². The summed E-state index contributed by atoms with van der Waals surface area (Å²) in [6.07, 6.45) is 8.50. The third-order valence-electron chi connectivity index (χ3n) is 4.42. The van der Waals surface area contributed by atoms with Gasteiger partial charge < -0.3 is 5.32 Å². The van der Waals surface area contributed by atoms with E-state index in [2.05, 4.69) is 12.2 Å². The zero-order chi connectivity index (χ0) is 11.0. The summed E-state index contributed by atoms with van der Waals surface area (Å²) in [5.74, 6) is 2.22. The summed E-state index contributed by atoms with van der Waals surface area (Å²) >= 11 is 1.97. The van der Waals surface area contributed by atoms with E-state index in [1.165, 1.54) is 49.4 Å². The SMILES string of the molecule is CC(NC1=NCC2(CCCC2)CS1)C1CC1. The van der Waals surface area contributed by atoms with Crippen molar-refractivity contribution >= 4 is 16.9 Å². The average Bonchev–Trinajstić information content (AvgIpc) is 3.05. The van der Waals surface area contributed by atoms with Crippen LogP contribution in [0.4, 0.5) is 0 Å². The number of hydrogen-bond donors (Lipinski definition) is 1. The first-order valence-electron chi connectivity index (χ1n) is 6.71. The second-order valence-corrected chi connectivity index (χ2v) is 6.85. The van der Waals surface area contributed by atoms with Crippen molar-refractivity contribution in [2.45, 2.75) is 51.5 Å². The minimum Gasteiger partial charge on any atom is -0.362 e. The van der Waals surface area contributed by atoms with Crippen LogP contribution in [0.25, 0.3) is 0 Å². The maximum atomic E-state index is 4.78. The molecule has 1 aliphatic heterocycles. The van der Waals surface area contributed by atoms with Gasteiger partial charge in [0.25, 0.3) is 0 Å². The number of thioether (sulfide) groups is 1. The van der Waals surface area contributed by atoms with Crippen molar-refractivity contribution in [1.29, 1.82) is 0 Å². The van der Waals surface area contributed by atoms with Gasteiger partial charge in [0.1, 0.15) is 0 Å². The molecule has 16 heavy (non-hydrogen) atoms. The van der Waals surface area contributed by atoms with E-state index in [-0.39, 0.29) is 0 Å². The highest BCUT2D eigenvalue weighted by Crippen LogP contribution is 2.43. The van der Waals surface area contributed by atoms with Crippen LogP contribution >= 0.6 is 11.8 Å². The third kappa shape index (κ3) is 2.24. The van der Waals surface area contributed by atoms with Gasteiger partial charge in [-0.3, -0.25) is 4.99 Å². The Morgan fingerprint density at radius 1 is 1.38 bits per heavy atom. The predicted molar refractivity (Wildman–Crippen MR) is 71.0 cm³/mol. The van der Waals surface area contributed by atoms with Crippen molar-refractivity contribution in [3.63, 3.8) is 0 Å². The number of nitrogens with one attached hydrogen (secondary N) is 1. The largest absolute Gasteiger partial charge is 0.362 e. The highest BCUT2D eigenvalue weighted by atomic mass is 32.2. The van der Waals surface area contributed by atoms with Crippen LogP contribution in [-0.2, 0) is 0 Å². The van der Waals surface area contributed by atoms with Gasteiger partial charge in [0.15, 0.2) is 5.17 Å². The Balaban J connectivity index is 1.55. The Labute approximate surface area is 103 Å². The van der Waals surface area contributed by atoms with Gasteiger partial charge in [0, 0.05) is 18.3 Å². The number of hydrogen-bond acceptors (Lipinski definition) is 3. The second kappa shape index (κ2) is 4.25. The quantitative estimate of drug-likeness (QED) is 0.799. The number of amidine groups is 1. The molecule has 0 aromatic carbocycles. The standard InChI is InChI=1S/C13H22N2S/c1-10(11-4-5-11)15-12-14-8-13(9-16-12)6-2-3-7-13/h10-11H,2-9H2,1H3,(H,14,15). The first-order chi connectivity index (χ1) is 7.77. The van der Waals surface area contributed by atoms with E-state index in [0.29, 0.717) is 11.5 Å². The van der Waals surface area contributed by atoms with Crippen LogP contribution in [0.15, 0.2) is 4.99 Å². The van der Waals surface area contributed by atoms with Gasteiger partial charge in [-0.05, 0) is 43.9 Å². The third-order valence-corrected chi connectivity index (χ3v) is 5.69. The summed E-state index contributed by atoms with van der Waals surface area (Å²) in [7, 11) is 0. The lowest BCUT2D eigenvalue weighted by molar-refractivity contribution is 0.358. The Morgan fingerprint density at radius 3 is 2.69 bits per heavy atom. The fraction of sp³-hybridized carbons (Fsp3) is 0.923. The van der Waals surface area contributed by atoms with Crippen LogP contribution in [0, 0.1) is 11.3 Å². The summed E-state index contributed by atoms with van der Waals surface area (Å²) in [5.41, 5.74) is 0.582. The smallest absolute Gasteiger partial charge is 0.156 e. The molecule has 2 saturated carbocycles. The van der Waals surface area contributed by atoms with Crippen LogP contribution in [-0.4, -0.2) is 23.5 Å². The first kappa shape index (κ1) is 10.9. The molecule has 1 heterocycles. The molecule has 3 aliphatic rings. The fourth-order valence-corrected chi connectivity index (χ4v) is 4.22. The normalized spacial score (nSPS) is 30.2. The predicted octanol–water partition coefficient (Wildman–Crippen LogP) is 3.04. The van der Waals surface area contributed by atoms with Crippen LogP contribution < -0.4 is 5.32 Å². The molecule has 2 nitrogen and oxygen atoms in total. The summed E-state index contributed by atoms with van der Waals surface area (Å²) in [6, 6.07) is 0.642. The van der Waals surface area contributed by atoms with Crippen LogP contribution in [0.1, 0.15) is 45.4 Å². The van der Waals surface area contributed by atoms with E-state index in [0.717, 1.165) is 12.5 Å². The molecule has 0 saturated heterocycles. The minimum atomic E-state index is 0.582. The molecule has 2 aliphatic carbocycles. The van der Waals surface area contributed by atoms with Crippen molar-refractivity contribution in [2.24, 2.45) is 16.3 Å². The average molecular weight is 238 g/mol. The lowest BCUT2D eigenvalue weighted by Gasteiger charge is -2.31. The molecule has 0 aromatic rings. The van der Waals surface area contributed by atoms with Gasteiger partial charge in [-0.15, -0.1) is 0 Å².